The van der Waals surface area contributed by atoms with Crippen molar-refractivity contribution >= 4 is 22.1 Å². The van der Waals surface area contributed by atoms with E-state index in [1.165, 1.54) is 5.56 Å². The first-order valence-corrected chi connectivity index (χ1v) is 9.96. The van der Waals surface area contributed by atoms with E-state index in [1.54, 1.807) is 6.92 Å². The molecule has 6 nitrogen and oxygen atoms in total. The highest BCUT2D eigenvalue weighted by molar-refractivity contribution is 6.21. The number of fused-ring (bicyclic) bond motifs is 7. The molecule has 6 rings (SSSR count). The third kappa shape index (κ3) is 2.64. The van der Waals surface area contributed by atoms with Crippen molar-refractivity contribution in [1.29, 1.82) is 0 Å². The molecule has 7 heteroatoms. The Morgan fingerprint density at radius 1 is 1.03 bits per heavy atom. The van der Waals surface area contributed by atoms with Gasteiger partial charge in [-0.15, -0.1) is 0 Å². The van der Waals surface area contributed by atoms with Crippen molar-refractivity contribution in [2.75, 3.05) is 13.6 Å². The van der Waals surface area contributed by atoms with Crippen LogP contribution in [0.3, 0.4) is 0 Å². The highest BCUT2D eigenvalue weighted by atomic mass is 35.5. The number of allylic oxidation sites excluding steroid dienone is 1. The zero-order chi connectivity index (χ0) is 20.6. The predicted molar refractivity (Wildman–Crippen MR) is 110 cm³/mol. The molecule has 4 heterocycles. The van der Waals surface area contributed by atoms with Gasteiger partial charge in [0, 0.05) is 17.4 Å². The molecule has 0 unspecified atom stereocenters. The minimum atomic E-state index is -0.0668. The fourth-order valence-electron chi connectivity index (χ4n) is 4.79. The maximum absolute atomic E-state index is 12.4. The van der Waals surface area contributed by atoms with E-state index < -0.39 is 0 Å². The monoisotopic (exact) mass is 437 g/mol. The molecule has 158 valence electrons. The number of hydrogen-bond donors (Lipinski definition) is 0. The van der Waals surface area contributed by atoms with E-state index in [2.05, 4.69) is 30.2 Å². The summed E-state index contributed by atoms with van der Waals surface area (Å²) in [6, 6.07) is 8.09. The molecule has 0 saturated carbocycles. The summed E-state index contributed by atoms with van der Waals surface area (Å²) in [5.74, 6) is 2.85. The van der Waals surface area contributed by atoms with Crippen LogP contribution in [0.15, 0.2) is 30.8 Å². The third-order valence-electron chi connectivity index (χ3n) is 6.24. The average molecular weight is 438 g/mol. The van der Waals surface area contributed by atoms with Crippen LogP contribution >= 0.6 is 0 Å². The highest BCUT2D eigenvalue weighted by Crippen LogP contribution is 2.46. The van der Waals surface area contributed by atoms with Gasteiger partial charge in [-0.05, 0) is 43.7 Å². The van der Waals surface area contributed by atoms with Crippen molar-refractivity contribution in [3.63, 3.8) is 0 Å². The Hall–Kier alpha value is -3.25. The Labute approximate surface area is 185 Å². The standard InChI is InChI=1S/C24H20NO5.ClH/c1-12(14(3)26)23-21-16(4-5-18-24(21)30-11-27-18)13(2)22-17-9-20-19(28-10-29-20)8-15(17)6-7-25(22)23;/h4-5,8-9H,1,6-7,10-11H2,2-3H3;1H/q+1;/p-1. The predicted octanol–water partition coefficient (Wildman–Crippen LogP) is 0.722. The molecule has 0 bridgehead atoms. The lowest BCUT2D eigenvalue weighted by Gasteiger charge is -2.22. The number of ketones is 1. The second kappa shape index (κ2) is 6.89. The van der Waals surface area contributed by atoms with E-state index in [-0.39, 0.29) is 31.8 Å². The highest BCUT2D eigenvalue weighted by Gasteiger charge is 2.37. The fourth-order valence-corrected chi connectivity index (χ4v) is 4.79. The normalized spacial score (nSPS) is 14.6. The second-order valence-corrected chi connectivity index (χ2v) is 7.84. The van der Waals surface area contributed by atoms with Gasteiger partial charge in [-0.1, -0.05) is 6.58 Å². The number of aryl methyl sites for hydroxylation is 2. The van der Waals surface area contributed by atoms with Crippen molar-refractivity contribution in [3.8, 4) is 34.3 Å². The summed E-state index contributed by atoms with van der Waals surface area (Å²) in [5, 5.41) is 1.91. The number of aromatic nitrogens is 1. The van der Waals surface area contributed by atoms with Gasteiger partial charge in [0.2, 0.25) is 25.0 Å². The van der Waals surface area contributed by atoms with Crippen molar-refractivity contribution in [3.05, 3.63) is 47.7 Å². The largest absolute Gasteiger partial charge is 1.00 e. The minimum absolute atomic E-state index is 0. The zero-order valence-electron chi connectivity index (χ0n) is 17.2. The van der Waals surface area contributed by atoms with Gasteiger partial charge in [-0.25, -0.2) is 0 Å². The first-order chi connectivity index (χ1) is 14.5. The smallest absolute Gasteiger partial charge is 0.231 e. The number of carbonyl (C=O) groups excluding carboxylic acids is 1. The molecular formula is C24H20ClNO5. The molecule has 1 aromatic heterocycles. The summed E-state index contributed by atoms with van der Waals surface area (Å²) in [5.41, 5.74) is 5.75. The fraction of sp³-hybridized carbons (Fsp3) is 0.250. The van der Waals surface area contributed by atoms with Gasteiger partial charge >= 0.3 is 0 Å². The number of nitrogens with zero attached hydrogens (tertiary/aromatic N) is 1. The number of hydrogen-bond acceptors (Lipinski definition) is 5. The second-order valence-electron chi connectivity index (χ2n) is 7.84. The molecule has 3 aromatic rings. The maximum Gasteiger partial charge on any atom is 0.231 e. The lowest BCUT2D eigenvalue weighted by Crippen LogP contribution is -3.00. The van der Waals surface area contributed by atoms with Crippen LogP contribution in [-0.2, 0) is 17.8 Å². The molecule has 0 radical (unpaired) electrons. The Bertz CT molecular complexity index is 1310. The molecular weight excluding hydrogens is 418 g/mol. The number of ether oxygens (including phenoxy) is 4. The maximum atomic E-state index is 12.4. The molecule has 0 saturated heterocycles. The molecule has 3 aliphatic heterocycles. The van der Waals surface area contributed by atoms with Crippen LogP contribution in [-0.4, -0.2) is 19.4 Å². The minimum Gasteiger partial charge on any atom is -1.00 e. The first kappa shape index (κ1) is 19.7. The van der Waals surface area contributed by atoms with Gasteiger partial charge in [-0.3, -0.25) is 4.79 Å². The van der Waals surface area contributed by atoms with Gasteiger partial charge < -0.3 is 31.4 Å². The molecule has 2 aromatic carbocycles. The summed E-state index contributed by atoms with van der Waals surface area (Å²) in [6.45, 7) is 8.94. The van der Waals surface area contributed by atoms with Crippen LogP contribution in [0.2, 0.25) is 0 Å². The van der Waals surface area contributed by atoms with Crippen molar-refractivity contribution in [2.45, 2.75) is 26.8 Å². The Balaban J connectivity index is 0.00000204. The van der Waals surface area contributed by atoms with Crippen LogP contribution in [0.4, 0.5) is 0 Å². The summed E-state index contributed by atoms with van der Waals surface area (Å²) in [6.07, 6.45) is 0.819. The molecule has 3 aliphatic rings. The molecule has 0 aliphatic carbocycles. The van der Waals surface area contributed by atoms with Crippen LogP contribution in [0.1, 0.15) is 23.7 Å². The average Bonchev–Trinajstić information content (AvgIpc) is 3.40. The van der Waals surface area contributed by atoms with Gasteiger partial charge in [0.1, 0.15) is 5.39 Å². The lowest BCUT2D eigenvalue weighted by molar-refractivity contribution is -0.688. The number of benzene rings is 2. The van der Waals surface area contributed by atoms with E-state index in [0.717, 1.165) is 57.8 Å². The van der Waals surface area contributed by atoms with Gasteiger partial charge in [-0.2, -0.15) is 4.57 Å². The van der Waals surface area contributed by atoms with E-state index in [9.17, 15) is 4.79 Å². The van der Waals surface area contributed by atoms with E-state index in [4.69, 9.17) is 18.9 Å². The van der Waals surface area contributed by atoms with Crippen molar-refractivity contribution in [1.82, 2.24) is 0 Å². The van der Waals surface area contributed by atoms with Gasteiger partial charge in [0.25, 0.3) is 0 Å². The van der Waals surface area contributed by atoms with E-state index >= 15 is 0 Å². The Morgan fingerprint density at radius 3 is 2.52 bits per heavy atom. The van der Waals surface area contributed by atoms with E-state index in [1.807, 2.05) is 12.1 Å². The molecule has 0 fully saturated rings. The zero-order valence-corrected chi connectivity index (χ0v) is 18.0. The number of halogens is 1. The Kier molecular flexibility index (Phi) is 4.38. The summed E-state index contributed by atoms with van der Waals surface area (Å²) in [7, 11) is 0. The molecule has 0 atom stereocenters. The van der Waals surface area contributed by atoms with Gasteiger partial charge in [0.15, 0.2) is 35.3 Å². The number of carbonyl (C=O) groups is 1. The van der Waals surface area contributed by atoms with Crippen LogP contribution in [0.25, 0.3) is 27.6 Å². The van der Waals surface area contributed by atoms with Crippen molar-refractivity contribution in [2.24, 2.45) is 0 Å². The van der Waals surface area contributed by atoms with Crippen LogP contribution < -0.4 is 35.9 Å². The molecule has 31 heavy (non-hydrogen) atoms. The van der Waals surface area contributed by atoms with Crippen LogP contribution in [0, 0.1) is 6.92 Å². The molecule has 0 spiro atoms. The lowest BCUT2D eigenvalue weighted by atomic mass is 9.89. The summed E-state index contributed by atoms with van der Waals surface area (Å²) < 4.78 is 24.9. The van der Waals surface area contributed by atoms with Crippen molar-refractivity contribution < 1.29 is 40.7 Å². The van der Waals surface area contributed by atoms with Crippen LogP contribution in [0.5, 0.6) is 23.0 Å². The number of pyridine rings is 1. The topological polar surface area (TPSA) is 57.9 Å². The Morgan fingerprint density at radius 2 is 1.74 bits per heavy atom. The number of rotatable bonds is 2. The van der Waals surface area contributed by atoms with E-state index in [0.29, 0.717) is 17.1 Å². The SMILES string of the molecule is C=C(C(C)=O)c1c2c3c(ccc2c(C)c2[n+]1CCc1cc4c(cc1-2)OCO4)OCO3.[Cl-]. The quantitative estimate of drug-likeness (QED) is 0.437. The van der Waals surface area contributed by atoms with Gasteiger partial charge in [0.05, 0.1) is 11.1 Å². The summed E-state index contributed by atoms with van der Waals surface area (Å²) >= 11 is 0. The third-order valence-corrected chi connectivity index (χ3v) is 6.24. The first-order valence-electron chi connectivity index (χ1n) is 9.96. The number of Topliss-reactive ketones (excluding diaryl/α,β-unsaturated/α-hetero) is 1. The molecule has 0 N–H and O–H groups in total. The summed E-state index contributed by atoms with van der Waals surface area (Å²) in [4.78, 5) is 12.4. The molecule has 0 amide bonds.